The van der Waals surface area contributed by atoms with Gasteiger partial charge in [0, 0.05) is 13.1 Å². The maximum Gasteiger partial charge on any atom is 0.271 e. The van der Waals surface area contributed by atoms with Crippen LogP contribution in [-0.2, 0) is 11.3 Å². The summed E-state index contributed by atoms with van der Waals surface area (Å²) in [5.41, 5.74) is 7.00. The maximum atomic E-state index is 5.88. The summed E-state index contributed by atoms with van der Waals surface area (Å²) >= 11 is 0. The first-order valence-electron chi connectivity index (χ1n) is 6.91. The van der Waals surface area contributed by atoms with E-state index in [9.17, 15) is 0 Å². The monoisotopic (exact) mass is 286 g/mol. The van der Waals surface area contributed by atoms with Gasteiger partial charge in [0.2, 0.25) is 5.95 Å². The molecule has 3 rings (SSSR count). The molecule has 0 bridgehead atoms. The number of benzene rings is 1. The number of hydrogen-bond acceptors (Lipinski definition) is 5. The minimum atomic E-state index is 0.369. The molecule has 0 unspecified atom stereocenters. The van der Waals surface area contributed by atoms with Crippen molar-refractivity contribution in [1.29, 1.82) is 0 Å². The van der Waals surface area contributed by atoms with E-state index in [2.05, 4.69) is 20.0 Å². The first-order chi connectivity index (χ1) is 10.3. The number of ether oxygens (including phenoxy) is 1. The Bertz CT molecular complexity index is 603. The number of morpholine rings is 1. The Morgan fingerprint density at radius 2 is 2.00 bits per heavy atom. The third-order valence-corrected chi connectivity index (χ3v) is 3.25. The summed E-state index contributed by atoms with van der Waals surface area (Å²) < 4.78 is 6.94. The highest BCUT2D eigenvalue weighted by atomic mass is 16.5. The molecule has 1 aromatic heterocycles. The van der Waals surface area contributed by atoms with Crippen molar-refractivity contribution in [3.63, 3.8) is 0 Å². The van der Waals surface area contributed by atoms with Gasteiger partial charge >= 0.3 is 0 Å². The van der Waals surface area contributed by atoms with Gasteiger partial charge in [0.15, 0.2) is 0 Å². The van der Waals surface area contributed by atoms with Crippen molar-refractivity contribution in [2.45, 2.75) is 6.54 Å². The first kappa shape index (κ1) is 13.6. The van der Waals surface area contributed by atoms with Crippen LogP contribution in [-0.4, -0.2) is 52.3 Å². The average Bonchev–Trinajstić information content (AvgIpc) is 2.87. The van der Waals surface area contributed by atoms with Gasteiger partial charge in [-0.15, -0.1) is 5.10 Å². The number of aliphatic imine (C=N–C) groups is 1. The van der Waals surface area contributed by atoms with Crippen LogP contribution in [0.25, 0.3) is 0 Å². The van der Waals surface area contributed by atoms with Crippen LogP contribution in [0.1, 0.15) is 5.56 Å². The fraction of sp³-hybridized carbons (Fsp3) is 0.357. The van der Waals surface area contributed by atoms with Crippen LogP contribution in [0.3, 0.4) is 0 Å². The van der Waals surface area contributed by atoms with Crippen LogP contribution in [0.5, 0.6) is 0 Å². The van der Waals surface area contributed by atoms with Gasteiger partial charge in [-0.3, -0.25) is 0 Å². The molecule has 1 saturated heterocycles. The second-order valence-corrected chi connectivity index (χ2v) is 4.81. The highest BCUT2D eigenvalue weighted by Gasteiger charge is 2.08. The van der Waals surface area contributed by atoms with E-state index in [0.29, 0.717) is 18.4 Å². The third kappa shape index (κ3) is 3.57. The van der Waals surface area contributed by atoms with Crippen molar-refractivity contribution < 1.29 is 4.74 Å². The molecule has 7 heteroatoms. The number of aromatic nitrogens is 3. The number of nitrogens with two attached hydrogens (primary N) is 1. The van der Waals surface area contributed by atoms with Crippen LogP contribution in [0.15, 0.2) is 35.3 Å². The Kier molecular flexibility index (Phi) is 4.11. The van der Waals surface area contributed by atoms with Crippen LogP contribution >= 0.6 is 0 Å². The SMILES string of the molecule is Nc1nc(/N=C/N2CCOCC2)nn1Cc1ccccc1. The molecule has 0 saturated carbocycles. The molecule has 1 aliphatic heterocycles. The largest absolute Gasteiger partial charge is 0.378 e. The lowest BCUT2D eigenvalue weighted by Gasteiger charge is -2.23. The molecule has 1 aromatic carbocycles. The average molecular weight is 286 g/mol. The van der Waals surface area contributed by atoms with E-state index in [4.69, 9.17) is 10.5 Å². The molecule has 2 N–H and O–H groups in total. The lowest BCUT2D eigenvalue weighted by molar-refractivity contribution is 0.0701. The van der Waals surface area contributed by atoms with E-state index in [1.807, 2.05) is 30.3 Å². The van der Waals surface area contributed by atoms with Crippen molar-refractivity contribution in [2.75, 3.05) is 32.0 Å². The Hall–Kier alpha value is -2.41. The number of rotatable bonds is 4. The van der Waals surface area contributed by atoms with Gasteiger partial charge in [-0.25, -0.2) is 9.67 Å². The molecule has 0 spiro atoms. The van der Waals surface area contributed by atoms with Crippen LogP contribution in [0.2, 0.25) is 0 Å². The lowest BCUT2D eigenvalue weighted by Crippen LogP contribution is -2.35. The van der Waals surface area contributed by atoms with Gasteiger partial charge in [-0.1, -0.05) is 30.3 Å². The van der Waals surface area contributed by atoms with Gasteiger partial charge in [-0.05, 0) is 5.56 Å². The highest BCUT2D eigenvalue weighted by molar-refractivity contribution is 5.58. The predicted octanol–water partition coefficient (Wildman–Crippen LogP) is 0.901. The number of anilines is 1. The highest BCUT2D eigenvalue weighted by Crippen LogP contribution is 2.11. The van der Waals surface area contributed by atoms with Gasteiger partial charge in [0.1, 0.15) is 0 Å². The molecule has 1 fully saturated rings. The molecule has 0 atom stereocenters. The molecule has 2 heterocycles. The van der Waals surface area contributed by atoms with Gasteiger partial charge < -0.3 is 15.4 Å². The second kappa shape index (κ2) is 6.36. The summed E-state index contributed by atoms with van der Waals surface area (Å²) in [6.07, 6.45) is 1.75. The third-order valence-electron chi connectivity index (χ3n) is 3.25. The minimum Gasteiger partial charge on any atom is -0.378 e. The normalized spacial score (nSPS) is 15.7. The summed E-state index contributed by atoms with van der Waals surface area (Å²) in [4.78, 5) is 10.5. The molecule has 0 aliphatic carbocycles. The van der Waals surface area contributed by atoms with Crippen molar-refractivity contribution in [1.82, 2.24) is 19.7 Å². The number of nitrogen functional groups attached to an aromatic ring is 1. The molecule has 0 amide bonds. The Labute approximate surface area is 123 Å². The molecule has 2 aromatic rings. The fourth-order valence-corrected chi connectivity index (χ4v) is 2.10. The van der Waals surface area contributed by atoms with E-state index < -0.39 is 0 Å². The van der Waals surface area contributed by atoms with Crippen LogP contribution in [0, 0.1) is 0 Å². The Morgan fingerprint density at radius 3 is 2.76 bits per heavy atom. The zero-order valence-electron chi connectivity index (χ0n) is 11.7. The summed E-state index contributed by atoms with van der Waals surface area (Å²) in [6.45, 7) is 3.72. The standard InChI is InChI=1S/C14H18N6O/c15-13-17-14(16-11-19-6-8-21-9-7-19)18-20(13)10-12-4-2-1-3-5-12/h1-5,11H,6-10H2,(H2,15,17,18)/b16-11+. The summed E-state index contributed by atoms with van der Waals surface area (Å²) in [6, 6.07) is 10.0. The van der Waals surface area contributed by atoms with Gasteiger partial charge in [0.05, 0.1) is 26.1 Å². The van der Waals surface area contributed by atoms with E-state index in [-0.39, 0.29) is 0 Å². The van der Waals surface area contributed by atoms with Crippen LogP contribution in [0.4, 0.5) is 11.9 Å². The summed E-state index contributed by atoms with van der Waals surface area (Å²) in [5.74, 6) is 0.753. The number of nitrogens with zero attached hydrogens (tertiary/aromatic N) is 5. The smallest absolute Gasteiger partial charge is 0.271 e. The topological polar surface area (TPSA) is 81.6 Å². The minimum absolute atomic E-state index is 0.369. The molecule has 110 valence electrons. The van der Waals surface area contributed by atoms with E-state index in [1.54, 1.807) is 11.0 Å². The van der Waals surface area contributed by atoms with E-state index in [0.717, 1.165) is 31.9 Å². The fourth-order valence-electron chi connectivity index (χ4n) is 2.10. The Morgan fingerprint density at radius 1 is 1.24 bits per heavy atom. The van der Waals surface area contributed by atoms with E-state index in [1.165, 1.54) is 0 Å². The number of hydrogen-bond donors (Lipinski definition) is 1. The zero-order chi connectivity index (χ0) is 14.5. The lowest BCUT2D eigenvalue weighted by atomic mass is 10.2. The molecule has 0 radical (unpaired) electrons. The molecular weight excluding hydrogens is 268 g/mol. The van der Waals surface area contributed by atoms with E-state index >= 15 is 0 Å². The quantitative estimate of drug-likeness (QED) is 0.667. The molecule has 1 aliphatic rings. The van der Waals surface area contributed by atoms with Crippen LogP contribution < -0.4 is 5.73 Å². The van der Waals surface area contributed by atoms with Crippen molar-refractivity contribution >= 4 is 18.2 Å². The maximum absolute atomic E-state index is 5.88. The second-order valence-electron chi connectivity index (χ2n) is 4.81. The predicted molar refractivity (Wildman–Crippen MR) is 80.5 cm³/mol. The molecule has 7 nitrogen and oxygen atoms in total. The van der Waals surface area contributed by atoms with Crippen molar-refractivity contribution in [3.05, 3.63) is 35.9 Å². The van der Waals surface area contributed by atoms with Crippen molar-refractivity contribution in [3.8, 4) is 0 Å². The van der Waals surface area contributed by atoms with Gasteiger partial charge in [0.25, 0.3) is 5.95 Å². The Balaban J connectivity index is 1.67. The molecular formula is C14H18N6O. The molecule has 21 heavy (non-hydrogen) atoms. The van der Waals surface area contributed by atoms with Crippen molar-refractivity contribution in [2.24, 2.45) is 4.99 Å². The van der Waals surface area contributed by atoms with Gasteiger partial charge in [-0.2, -0.15) is 4.98 Å². The summed E-state index contributed by atoms with van der Waals surface area (Å²) in [7, 11) is 0. The summed E-state index contributed by atoms with van der Waals surface area (Å²) in [5, 5.41) is 4.31. The first-order valence-corrected chi connectivity index (χ1v) is 6.91. The zero-order valence-corrected chi connectivity index (χ0v) is 11.7.